The molecule has 1 heterocycles. The van der Waals surface area contributed by atoms with Crippen LogP contribution in [0.5, 0.6) is 0 Å². The van der Waals surface area contributed by atoms with Gasteiger partial charge in [-0.25, -0.2) is 8.42 Å². The number of rotatable bonds is 12. The van der Waals surface area contributed by atoms with Gasteiger partial charge in [0.05, 0.1) is 22.5 Å². The van der Waals surface area contributed by atoms with Gasteiger partial charge in [0.2, 0.25) is 5.78 Å². The first-order valence-electron chi connectivity index (χ1n) is 8.52. The zero-order chi connectivity index (χ0) is 18.9. The number of hydrogen-bond acceptors (Lipinski definition) is 7. The van der Waals surface area contributed by atoms with E-state index in [-0.39, 0.29) is 48.5 Å². The molecule has 2 N–H and O–H groups in total. The zero-order valence-electron chi connectivity index (χ0n) is 15.6. The number of aliphatic hydroxyl groups is 2. The third-order valence-corrected chi connectivity index (χ3v) is 4.74. The summed E-state index contributed by atoms with van der Waals surface area (Å²) in [6, 6.07) is 0. The summed E-state index contributed by atoms with van der Waals surface area (Å²) in [6.07, 6.45) is 5.52. The number of aliphatic hydroxyl groups excluding tert-OH is 2. The molecule has 1 rings (SSSR count). The molecule has 0 fully saturated rings. The van der Waals surface area contributed by atoms with E-state index < -0.39 is 22.0 Å². The summed E-state index contributed by atoms with van der Waals surface area (Å²) in [5.41, 5.74) is 0. The summed E-state index contributed by atoms with van der Waals surface area (Å²) >= 11 is 0. The van der Waals surface area contributed by atoms with Crippen LogP contribution in [0, 0.1) is 0 Å². The Morgan fingerprint density at radius 1 is 1.42 bits per heavy atom. The summed E-state index contributed by atoms with van der Waals surface area (Å²) in [5.74, 6) is -0.583. The molecular formula is C16H28N2NaO6S+. The van der Waals surface area contributed by atoms with Gasteiger partial charge in [-0.15, -0.1) is 0 Å². The topological polar surface area (TPSA) is 121 Å². The third-order valence-electron chi connectivity index (χ3n) is 3.95. The number of amidine groups is 1. The van der Waals surface area contributed by atoms with Gasteiger partial charge in [-0.2, -0.15) is 0 Å². The summed E-state index contributed by atoms with van der Waals surface area (Å²) in [4.78, 5) is 14.3. The van der Waals surface area contributed by atoms with Gasteiger partial charge in [-0.3, -0.25) is 14.3 Å². The van der Waals surface area contributed by atoms with Gasteiger partial charge in [0.15, 0.2) is 0 Å². The molecule has 26 heavy (non-hydrogen) atoms. The maximum atomic E-state index is 12.6. The van der Waals surface area contributed by atoms with E-state index in [9.17, 15) is 22.9 Å². The number of nitrogens with zero attached hydrogens (tertiary/aromatic N) is 2. The molecular weight excluding hydrogens is 371 g/mol. The van der Waals surface area contributed by atoms with E-state index in [4.69, 9.17) is 5.11 Å². The molecule has 1 aliphatic rings. The van der Waals surface area contributed by atoms with Crippen LogP contribution in [0.15, 0.2) is 12.2 Å². The van der Waals surface area contributed by atoms with Gasteiger partial charge in [-0.1, -0.05) is 12.2 Å². The summed E-state index contributed by atoms with van der Waals surface area (Å²) < 4.78 is 33.9. The first-order chi connectivity index (χ1) is 11.8. The number of carbonyl (C=O) groups is 1. The standard InChI is InChI=1S/C16H28N2O6S.Na/c1-2-3-4-5-6-7-15(21)16-17(10-11-19)8-9-18(16)12-14(20)13-25(22,23)24;/h2-3,14,19-20H,4-13H2,1H3;/q;+1/b3-2+;. The molecule has 1 atom stereocenters. The second-order valence-electron chi connectivity index (χ2n) is 6.10. The Morgan fingerprint density at radius 2 is 2.12 bits per heavy atom. The molecule has 0 aromatic carbocycles. The van der Waals surface area contributed by atoms with Crippen LogP contribution in [0.1, 0.15) is 32.6 Å². The number of ketones is 1. The summed E-state index contributed by atoms with van der Waals surface area (Å²) in [7, 11) is -4.53. The number of unbranched alkanes of at least 4 members (excludes halogenated alkanes) is 2. The monoisotopic (exact) mass is 399 g/mol. The Bertz CT molecular complexity index is 606. The molecule has 0 radical (unpaired) electrons. The van der Waals surface area contributed by atoms with Crippen molar-refractivity contribution < 1.29 is 62.1 Å². The van der Waals surface area contributed by atoms with E-state index >= 15 is 0 Å². The number of carbonyl (C=O) groups excluding carboxylic acids is 1. The van der Waals surface area contributed by atoms with E-state index in [0.717, 1.165) is 19.3 Å². The molecule has 0 aromatic rings. The van der Waals surface area contributed by atoms with Crippen molar-refractivity contribution in [3.8, 4) is 0 Å². The van der Waals surface area contributed by atoms with Crippen molar-refractivity contribution in [2.24, 2.45) is 0 Å². The summed E-state index contributed by atoms with van der Waals surface area (Å²) in [5, 5.41) is 19.0. The molecule has 0 saturated carbocycles. The largest absolute Gasteiger partial charge is 1.00 e. The van der Waals surface area contributed by atoms with Crippen molar-refractivity contribution in [1.82, 2.24) is 4.90 Å². The van der Waals surface area contributed by atoms with E-state index in [2.05, 4.69) is 0 Å². The molecule has 0 aromatic heterocycles. The predicted molar refractivity (Wildman–Crippen MR) is 92.5 cm³/mol. The van der Waals surface area contributed by atoms with Crippen LogP contribution in [-0.2, 0) is 14.9 Å². The van der Waals surface area contributed by atoms with Crippen LogP contribution in [0.25, 0.3) is 0 Å². The fourth-order valence-electron chi connectivity index (χ4n) is 2.89. The van der Waals surface area contributed by atoms with E-state index in [1.165, 1.54) is 0 Å². The number of allylic oxidation sites excluding steroid dienone is 2. The van der Waals surface area contributed by atoms with Crippen LogP contribution in [0.2, 0.25) is 0 Å². The van der Waals surface area contributed by atoms with Crippen LogP contribution < -0.4 is 29.6 Å². The van der Waals surface area contributed by atoms with Crippen LogP contribution in [-0.4, -0.2) is 88.9 Å². The van der Waals surface area contributed by atoms with E-state index in [1.54, 1.807) is 9.48 Å². The Morgan fingerprint density at radius 3 is 2.69 bits per heavy atom. The fraction of sp³-hybridized carbons (Fsp3) is 0.750. The minimum absolute atomic E-state index is 0. The van der Waals surface area contributed by atoms with Crippen molar-refractivity contribution in [1.29, 1.82) is 0 Å². The molecule has 0 saturated heterocycles. The molecule has 144 valence electrons. The van der Waals surface area contributed by atoms with E-state index in [0.29, 0.717) is 31.9 Å². The van der Waals surface area contributed by atoms with Crippen molar-refractivity contribution in [2.45, 2.75) is 38.7 Å². The average Bonchev–Trinajstić information content (AvgIpc) is 2.87. The van der Waals surface area contributed by atoms with Gasteiger partial charge >= 0.3 is 35.4 Å². The number of β-amino-alcohol motifs (C(OH)–C–C–N with tert-alkyl or cyclic N) is 2. The molecule has 0 aliphatic carbocycles. The average molecular weight is 399 g/mol. The van der Waals surface area contributed by atoms with Crippen molar-refractivity contribution in [3.63, 3.8) is 0 Å². The van der Waals surface area contributed by atoms with Gasteiger partial charge in [-0.05, 0) is 26.2 Å². The maximum Gasteiger partial charge on any atom is 1.00 e. The fourth-order valence-corrected chi connectivity index (χ4v) is 3.47. The van der Waals surface area contributed by atoms with Crippen molar-refractivity contribution >= 4 is 21.7 Å². The molecule has 0 spiro atoms. The minimum atomic E-state index is -4.53. The third kappa shape index (κ3) is 9.59. The minimum Gasteiger partial charge on any atom is -0.748 e. The van der Waals surface area contributed by atoms with Crippen LogP contribution in [0.3, 0.4) is 0 Å². The second-order valence-corrected chi connectivity index (χ2v) is 7.55. The van der Waals surface area contributed by atoms with Crippen LogP contribution in [0.4, 0.5) is 0 Å². The molecule has 0 bridgehead atoms. The quantitative estimate of drug-likeness (QED) is 0.114. The molecule has 10 heteroatoms. The number of hydrogen-bond donors (Lipinski definition) is 2. The Kier molecular flexibility index (Phi) is 12.8. The summed E-state index contributed by atoms with van der Waals surface area (Å²) in [6.45, 7) is 2.99. The SMILES string of the molecule is C/C=C/CCCCC(=O)C1=[N+](CC(O)CS(=O)(=O)[O-])CCN1CCO.[Na+]. The smallest absolute Gasteiger partial charge is 0.748 e. The van der Waals surface area contributed by atoms with Gasteiger partial charge in [0.25, 0.3) is 0 Å². The predicted octanol–water partition coefficient (Wildman–Crippen LogP) is -3.68. The Labute approximate surface area is 177 Å². The molecule has 1 aliphatic heterocycles. The molecule has 1 unspecified atom stereocenters. The first kappa shape index (κ1) is 25.7. The second kappa shape index (κ2) is 13.0. The number of Topliss-reactive ketones (excluding diaryl/α,β-unsaturated/α-hetero) is 1. The Hall–Kier alpha value is -0.290. The van der Waals surface area contributed by atoms with Crippen molar-refractivity contribution in [3.05, 3.63) is 12.2 Å². The first-order valence-corrected chi connectivity index (χ1v) is 10.1. The van der Waals surface area contributed by atoms with Gasteiger partial charge in [0, 0.05) is 6.42 Å². The van der Waals surface area contributed by atoms with Gasteiger partial charge < -0.3 is 14.8 Å². The van der Waals surface area contributed by atoms with E-state index in [1.807, 2.05) is 19.1 Å². The molecule has 0 amide bonds. The normalized spacial score (nSPS) is 16.2. The van der Waals surface area contributed by atoms with Gasteiger partial charge in [0.1, 0.15) is 32.3 Å². The van der Waals surface area contributed by atoms with Crippen LogP contribution >= 0.6 is 0 Å². The maximum absolute atomic E-state index is 12.6. The van der Waals surface area contributed by atoms with Crippen molar-refractivity contribution in [2.75, 3.05) is 38.5 Å². The molecule has 8 nitrogen and oxygen atoms in total. The zero-order valence-corrected chi connectivity index (χ0v) is 18.4. The Balaban J connectivity index is 0.00000625.